The Hall–Kier alpha value is -2.01. The van der Waals surface area contributed by atoms with Crippen LogP contribution in [0.1, 0.15) is 26.3 Å². The van der Waals surface area contributed by atoms with Crippen LogP contribution in [0.2, 0.25) is 0 Å². The van der Waals surface area contributed by atoms with E-state index in [0.29, 0.717) is 13.0 Å². The predicted octanol–water partition coefficient (Wildman–Crippen LogP) is 4.96. The fourth-order valence-corrected chi connectivity index (χ4v) is 2.66. The van der Waals surface area contributed by atoms with Crippen LogP contribution in [0.25, 0.3) is 0 Å². The van der Waals surface area contributed by atoms with Gasteiger partial charge in [0.05, 0.1) is 6.04 Å². The normalized spacial score (nSPS) is 12.3. The van der Waals surface area contributed by atoms with Crippen molar-refractivity contribution in [2.75, 3.05) is 6.61 Å². The zero-order valence-electron chi connectivity index (χ0n) is 14.8. The molecular formula is C20H24BrNO3. The highest BCUT2D eigenvalue weighted by Gasteiger charge is 2.20. The Kier molecular flexibility index (Phi) is 6.88. The maximum atomic E-state index is 12.1. The highest BCUT2D eigenvalue weighted by Crippen LogP contribution is 2.18. The zero-order chi connectivity index (χ0) is 18.3. The zero-order valence-corrected chi connectivity index (χ0v) is 16.4. The summed E-state index contributed by atoms with van der Waals surface area (Å²) in [6, 6.07) is 17.4. The predicted molar refractivity (Wildman–Crippen MR) is 103 cm³/mol. The number of rotatable bonds is 6. The molecule has 1 atom stereocenters. The van der Waals surface area contributed by atoms with E-state index in [-0.39, 0.29) is 6.04 Å². The van der Waals surface area contributed by atoms with Gasteiger partial charge in [-0.25, -0.2) is 4.79 Å². The van der Waals surface area contributed by atoms with Crippen LogP contribution in [0.3, 0.4) is 0 Å². The van der Waals surface area contributed by atoms with E-state index < -0.39 is 11.7 Å². The van der Waals surface area contributed by atoms with Gasteiger partial charge in [-0.3, -0.25) is 0 Å². The number of hydrogen-bond acceptors (Lipinski definition) is 3. The molecule has 5 heteroatoms. The number of amides is 1. The standard InChI is InChI=1S/C20H24BrNO3/c1-20(2,3)25-19(23)22-17(12-15-8-5-4-6-9-15)14-24-18-11-7-10-16(21)13-18/h4-11,13,17H,12,14H2,1-3H3,(H,22,23). The molecule has 0 aliphatic rings. The van der Waals surface area contributed by atoms with E-state index in [1.54, 1.807) is 0 Å². The number of carbonyl (C=O) groups is 1. The van der Waals surface area contributed by atoms with Crippen LogP contribution in [0.4, 0.5) is 4.79 Å². The summed E-state index contributed by atoms with van der Waals surface area (Å²) in [5.41, 5.74) is 0.591. The SMILES string of the molecule is CC(C)(C)OC(=O)NC(COc1cccc(Br)c1)Cc1ccccc1. The number of alkyl carbamates (subject to hydrolysis) is 1. The molecule has 134 valence electrons. The summed E-state index contributed by atoms with van der Waals surface area (Å²) in [5.74, 6) is 0.749. The first kappa shape index (κ1) is 19.3. The van der Waals surface area contributed by atoms with Gasteiger partial charge in [0.2, 0.25) is 0 Å². The summed E-state index contributed by atoms with van der Waals surface area (Å²) < 4.78 is 12.2. The largest absolute Gasteiger partial charge is 0.491 e. The summed E-state index contributed by atoms with van der Waals surface area (Å²) in [6.45, 7) is 5.88. The average molecular weight is 406 g/mol. The number of benzene rings is 2. The molecule has 25 heavy (non-hydrogen) atoms. The third-order valence-electron chi connectivity index (χ3n) is 3.29. The van der Waals surface area contributed by atoms with Crippen LogP contribution < -0.4 is 10.1 Å². The van der Waals surface area contributed by atoms with Gasteiger partial charge in [0, 0.05) is 4.47 Å². The topological polar surface area (TPSA) is 47.6 Å². The number of hydrogen-bond donors (Lipinski definition) is 1. The van der Waals surface area contributed by atoms with Crippen LogP contribution in [-0.2, 0) is 11.2 Å². The molecule has 0 aliphatic carbocycles. The van der Waals surface area contributed by atoms with Crippen molar-refractivity contribution >= 4 is 22.0 Å². The molecule has 0 aliphatic heterocycles. The summed E-state index contributed by atoms with van der Waals surface area (Å²) in [7, 11) is 0. The molecule has 0 saturated heterocycles. The van der Waals surface area contributed by atoms with Crippen molar-refractivity contribution in [3.63, 3.8) is 0 Å². The van der Waals surface area contributed by atoms with Gasteiger partial charge in [-0.15, -0.1) is 0 Å². The fraction of sp³-hybridized carbons (Fsp3) is 0.350. The Morgan fingerprint density at radius 3 is 2.48 bits per heavy atom. The Morgan fingerprint density at radius 2 is 1.84 bits per heavy atom. The van der Waals surface area contributed by atoms with E-state index in [1.165, 1.54) is 0 Å². The van der Waals surface area contributed by atoms with Gasteiger partial charge < -0.3 is 14.8 Å². The summed E-state index contributed by atoms with van der Waals surface area (Å²) in [4.78, 5) is 12.1. The van der Waals surface area contributed by atoms with Crippen LogP contribution in [0, 0.1) is 0 Å². The summed E-state index contributed by atoms with van der Waals surface area (Å²) >= 11 is 3.43. The first-order valence-corrected chi connectivity index (χ1v) is 9.03. The first-order chi connectivity index (χ1) is 11.8. The molecule has 0 spiro atoms. The van der Waals surface area contributed by atoms with Crippen LogP contribution in [0.15, 0.2) is 59.1 Å². The van der Waals surface area contributed by atoms with Gasteiger partial charge in [0.15, 0.2) is 0 Å². The Morgan fingerprint density at radius 1 is 1.12 bits per heavy atom. The minimum atomic E-state index is -0.535. The van der Waals surface area contributed by atoms with E-state index in [2.05, 4.69) is 21.2 Å². The highest BCUT2D eigenvalue weighted by atomic mass is 79.9. The lowest BCUT2D eigenvalue weighted by Crippen LogP contribution is -2.43. The van der Waals surface area contributed by atoms with Crippen molar-refractivity contribution in [2.24, 2.45) is 0 Å². The van der Waals surface area contributed by atoms with Crippen LogP contribution >= 0.6 is 15.9 Å². The minimum absolute atomic E-state index is 0.198. The second-order valence-electron chi connectivity index (χ2n) is 6.80. The summed E-state index contributed by atoms with van der Waals surface area (Å²) in [5, 5.41) is 2.91. The lowest BCUT2D eigenvalue weighted by molar-refractivity contribution is 0.0488. The van der Waals surface area contributed by atoms with E-state index in [9.17, 15) is 4.79 Å². The van der Waals surface area contributed by atoms with Gasteiger partial charge >= 0.3 is 6.09 Å². The molecule has 0 aromatic heterocycles. The quantitative estimate of drug-likeness (QED) is 0.738. The molecule has 2 aromatic carbocycles. The third-order valence-corrected chi connectivity index (χ3v) is 3.79. The average Bonchev–Trinajstić information content (AvgIpc) is 2.52. The first-order valence-electron chi connectivity index (χ1n) is 8.23. The molecule has 1 amide bonds. The van der Waals surface area contributed by atoms with Crippen molar-refractivity contribution < 1.29 is 14.3 Å². The highest BCUT2D eigenvalue weighted by molar-refractivity contribution is 9.10. The summed E-state index contributed by atoms with van der Waals surface area (Å²) in [6.07, 6.45) is 0.222. The second kappa shape index (κ2) is 8.90. The van der Waals surface area contributed by atoms with Gasteiger partial charge in [0.25, 0.3) is 0 Å². The molecule has 1 unspecified atom stereocenters. The molecule has 0 heterocycles. The Balaban J connectivity index is 2.01. The van der Waals surface area contributed by atoms with Crippen molar-refractivity contribution in [3.05, 3.63) is 64.6 Å². The van der Waals surface area contributed by atoms with E-state index in [1.807, 2.05) is 75.4 Å². The van der Waals surface area contributed by atoms with E-state index in [0.717, 1.165) is 15.8 Å². The van der Waals surface area contributed by atoms with E-state index >= 15 is 0 Å². The van der Waals surface area contributed by atoms with E-state index in [4.69, 9.17) is 9.47 Å². The van der Waals surface area contributed by atoms with Crippen LogP contribution in [0.5, 0.6) is 5.75 Å². The smallest absolute Gasteiger partial charge is 0.408 e. The third kappa shape index (κ3) is 7.61. The molecular weight excluding hydrogens is 382 g/mol. The molecule has 4 nitrogen and oxygen atoms in total. The molecule has 0 saturated carbocycles. The lowest BCUT2D eigenvalue weighted by atomic mass is 10.1. The molecule has 0 fully saturated rings. The van der Waals surface area contributed by atoms with Crippen molar-refractivity contribution in [1.82, 2.24) is 5.32 Å². The van der Waals surface area contributed by atoms with Gasteiger partial charge in [-0.05, 0) is 51.0 Å². The van der Waals surface area contributed by atoms with Gasteiger partial charge in [0.1, 0.15) is 18.0 Å². The molecule has 0 bridgehead atoms. The maximum Gasteiger partial charge on any atom is 0.408 e. The number of nitrogens with one attached hydrogen (secondary N) is 1. The van der Waals surface area contributed by atoms with Crippen molar-refractivity contribution in [3.8, 4) is 5.75 Å². The maximum absolute atomic E-state index is 12.1. The number of carbonyl (C=O) groups excluding carboxylic acids is 1. The molecule has 2 aromatic rings. The molecule has 0 radical (unpaired) electrons. The van der Waals surface area contributed by atoms with Gasteiger partial charge in [-0.2, -0.15) is 0 Å². The van der Waals surface area contributed by atoms with Crippen LogP contribution in [-0.4, -0.2) is 24.3 Å². The fourth-order valence-electron chi connectivity index (χ4n) is 2.28. The minimum Gasteiger partial charge on any atom is -0.491 e. The monoisotopic (exact) mass is 405 g/mol. The Bertz CT molecular complexity index is 683. The molecule has 2 rings (SSSR count). The lowest BCUT2D eigenvalue weighted by Gasteiger charge is -2.24. The second-order valence-corrected chi connectivity index (χ2v) is 7.72. The van der Waals surface area contributed by atoms with Crippen molar-refractivity contribution in [2.45, 2.75) is 38.8 Å². The number of ether oxygens (including phenoxy) is 2. The molecule has 1 N–H and O–H groups in total. The Labute approximate surface area is 157 Å². The van der Waals surface area contributed by atoms with Gasteiger partial charge in [-0.1, -0.05) is 52.3 Å². The number of halogens is 1. The van der Waals surface area contributed by atoms with Crippen molar-refractivity contribution in [1.29, 1.82) is 0 Å².